The minimum Gasteiger partial charge on any atom is -0.341 e. The number of hydrogen-bond donors (Lipinski definition) is 0. The summed E-state index contributed by atoms with van der Waals surface area (Å²) < 4.78 is 26.5. The molecule has 1 saturated heterocycles. The molecule has 0 spiro atoms. The average molecular weight is 318 g/mol. The number of likely N-dealkylation sites (tertiary alicyclic amines) is 1. The molecule has 1 aliphatic rings. The molecule has 0 aliphatic carbocycles. The average Bonchev–Trinajstić information content (AvgIpc) is 2.35. The highest BCUT2D eigenvalue weighted by Crippen LogP contribution is 2.19. The topological polar surface area (TPSA) is 20.3 Å². The smallest absolute Gasteiger partial charge is 0.227 e. The van der Waals surface area contributed by atoms with E-state index in [0.717, 1.165) is 18.9 Å². The molecule has 1 atom stereocenters. The van der Waals surface area contributed by atoms with Gasteiger partial charge in [-0.2, -0.15) is 0 Å². The van der Waals surface area contributed by atoms with Crippen LogP contribution in [0.3, 0.4) is 0 Å². The van der Waals surface area contributed by atoms with E-state index in [-0.39, 0.29) is 17.9 Å². The lowest BCUT2D eigenvalue weighted by molar-refractivity contribution is -0.131. The van der Waals surface area contributed by atoms with Crippen LogP contribution in [0.5, 0.6) is 0 Å². The van der Waals surface area contributed by atoms with E-state index in [1.807, 2.05) is 0 Å². The number of piperidine rings is 1. The number of benzene rings is 1. The molecule has 0 saturated carbocycles. The third kappa shape index (κ3) is 3.07. The number of carbonyl (C=O) groups excluding carboxylic acids is 1. The maximum absolute atomic E-state index is 13.5. The number of amides is 1. The van der Waals surface area contributed by atoms with Gasteiger partial charge >= 0.3 is 0 Å². The summed E-state index contributed by atoms with van der Waals surface area (Å²) in [6.07, 6.45) is 1.90. The summed E-state index contributed by atoms with van der Waals surface area (Å²) in [6.45, 7) is 1.33. The minimum atomic E-state index is -0.918. The number of alkyl halides is 1. The van der Waals surface area contributed by atoms with Gasteiger partial charge in [-0.15, -0.1) is 0 Å². The van der Waals surface area contributed by atoms with E-state index in [0.29, 0.717) is 17.9 Å². The molecule has 0 aromatic heterocycles. The molecule has 1 fully saturated rings. The van der Waals surface area contributed by atoms with Crippen molar-refractivity contribution in [1.29, 1.82) is 0 Å². The minimum absolute atomic E-state index is 0.0800. The molecule has 1 aromatic carbocycles. The Labute approximate surface area is 113 Å². The van der Waals surface area contributed by atoms with Crippen LogP contribution in [0.2, 0.25) is 0 Å². The molecule has 1 aliphatic heterocycles. The summed E-state index contributed by atoms with van der Waals surface area (Å²) in [5.74, 6) is -1.97. The maximum atomic E-state index is 13.5. The highest BCUT2D eigenvalue weighted by atomic mass is 79.9. The Morgan fingerprint density at radius 3 is 2.94 bits per heavy atom. The van der Waals surface area contributed by atoms with Crippen molar-refractivity contribution in [2.24, 2.45) is 0 Å². The van der Waals surface area contributed by atoms with E-state index in [4.69, 9.17) is 0 Å². The van der Waals surface area contributed by atoms with E-state index < -0.39 is 11.6 Å². The van der Waals surface area contributed by atoms with Crippen molar-refractivity contribution in [3.63, 3.8) is 0 Å². The molecule has 2 nitrogen and oxygen atoms in total. The van der Waals surface area contributed by atoms with Gasteiger partial charge in [0.05, 0.1) is 6.42 Å². The first kappa shape index (κ1) is 13.5. The second kappa shape index (κ2) is 5.78. The molecule has 98 valence electrons. The molecule has 1 unspecified atom stereocenters. The molecular weight excluding hydrogens is 304 g/mol. The first-order chi connectivity index (χ1) is 8.58. The van der Waals surface area contributed by atoms with Crippen molar-refractivity contribution in [1.82, 2.24) is 4.90 Å². The summed E-state index contributed by atoms with van der Waals surface area (Å²) in [7, 11) is 0. The molecular formula is C13H14BrF2NO. The molecule has 0 N–H and O–H groups in total. The number of carbonyl (C=O) groups is 1. The summed E-state index contributed by atoms with van der Waals surface area (Å²) in [6, 6.07) is 3.93. The van der Waals surface area contributed by atoms with Crippen molar-refractivity contribution in [2.45, 2.75) is 24.1 Å². The molecule has 1 aromatic rings. The van der Waals surface area contributed by atoms with E-state index in [1.54, 1.807) is 4.90 Å². The van der Waals surface area contributed by atoms with Gasteiger partial charge in [-0.3, -0.25) is 4.79 Å². The largest absolute Gasteiger partial charge is 0.341 e. The predicted molar refractivity (Wildman–Crippen MR) is 68.6 cm³/mol. The van der Waals surface area contributed by atoms with Crippen LogP contribution in [0.15, 0.2) is 18.2 Å². The maximum Gasteiger partial charge on any atom is 0.227 e. The van der Waals surface area contributed by atoms with E-state index in [9.17, 15) is 13.6 Å². The van der Waals surface area contributed by atoms with E-state index in [1.165, 1.54) is 12.1 Å². The predicted octanol–water partition coefficient (Wildman–Crippen LogP) is 2.89. The van der Waals surface area contributed by atoms with Crippen molar-refractivity contribution < 1.29 is 13.6 Å². The van der Waals surface area contributed by atoms with Crippen LogP contribution in [0.25, 0.3) is 0 Å². The van der Waals surface area contributed by atoms with Gasteiger partial charge in [0.25, 0.3) is 0 Å². The van der Waals surface area contributed by atoms with E-state index in [2.05, 4.69) is 15.9 Å². The quantitative estimate of drug-likeness (QED) is 0.768. The second-order valence-electron chi connectivity index (χ2n) is 4.47. The number of nitrogens with zero attached hydrogens (tertiary/aromatic N) is 1. The van der Waals surface area contributed by atoms with Crippen LogP contribution in [-0.2, 0) is 11.2 Å². The fourth-order valence-electron chi connectivity index (χ4n) is 2.11. The molecule has 1 heterocycles. The lowest BCUT2D eigenvalue weighted by atomic mass is 10.1. The van der Waals surface area contributed by atoms with Crippen LogP contribution >= 0.6 is 15.9 Å². The van der Waals surface area contributed by atoms with Crippen molar-refractivity contribution in [3.8, 4) is 0 Å². The highest BCUT2D eigenvalue weighted by molar-refractivity contribution is 9.09. The van der Waals surface area contributed by atoms with E-state index >= 15 is 0 Å². The summed E-state index contributed by atoms with van der Waals surface area (Å²) in [5.41, 5.74) is 0.122. The fraction of sp³-hybridized carbons (Fsp3) is 0.462. The molecule has 0 radical (unpaired) electrons. The molecule has 18 heavy (non-hydrogen) atoms. The molecule has 1 amide bonds. The van der Waals surface area contributed by atoms with Crippen LogP contribution in [-0.4, -0.2) is 28.7 Å². The summed E-state index contributed by atoms with van der Waals surface area (Å²) >= 11 is 3.48. The third-order valence-electron chi connectivity index (χ3n) is 3.09. The summed E-state index contributed by atoms with van der Waals surface area (Å²) in [5, 5.41) is 0. The Bertz CT molecular complexity index is 453. The van der Waals surface area contributed by atoms with Gasteiger partial charge in [-0.1, -0.05) is 28.1 Å². The molecule has 0 bridgehead atoms. The van der Waals surface area contributed by atoms with Gasteiger partial charge in [0.15, 0.2) is 11.6 Å². The van der Waals surface area contributed by atoms with Gasteiger partial charge in [0.2, 0.25) is 5.91 Å². The SMILES string of the molecule is O=C(Cc1cccc(F)c1F)N1CCCC(Br)C1. The number of rotatable bonds is 2. The molecule has 2 rings (SSSR count). The van der Waals surface area contributed by atoms with Gasteiger partial charge < -0.3 is 4.90 Å². The van der Waals surface area contributed by atoms with Gasteiger partial charge in [0, 0.05) is 23.5 Å². The standard InChI is InChI=1S/C13H14BrF2NO/c14-10-4-2-6-17(8-10)12(18)7-9-3-1-5-11(15)13(9)16/h1,3,5,10H,2,4,6-8H2. The van der Waals surface area contributed by atoms with Crippen molar-refractivity contribution in [2.75, 3.05) is 13.1 Å². The highest BCUT2D eigenvalue weighted by Gasteiger charge is 2.23. The van der Waals surface area contributed by atoms with Crippen molar-refractivity contribution in [3.05, 3.63) is 35.4 Å². The zero-order chi connectivity index (χ0) is 13.1. The Morgan fingerprint density at radius 2 is 2.22 bits per heavy atom. The van der Waals surface area contributed by atoms with Crippen molar-refractivity contribution >= 4 is 21.8 Å². The van der Waals surface area contributed by atoms with Crippen LogP contribution in [0.1, 0.15) is 18.4 Å². The third-order valence-corrected chi connectivity index (χ3v) is 3.84. The summed E-state index contributed by atoms with van der Waals surface area (Å²) in [4.78, 5) is 14.0. The number of halogens is 3. The Balaban J connectivity index is 2.04. The van der Waals surface area contributed by atoms with Crippen LogP contribution < -0.4 is 0 Å². The lowest BCUT2D eigenvalue weighted by Gasteiger charge is -2.30. The molecule has 5 heteroatoms. The lowest BCUT2D eigenvalue weighted by Crippen LogP contribution is -2.41. The Morgan fingerprint density at radius 1 is 1.44 bits per heavy atom. The monoisotopic (exact) mass is 317 g/mol. The second-order valence-corrected chi connectivity index (χ2v) is 5.76. The Hall–Kier alpha value is -0.970. The zero-order valence-electron chi connectivity index (χ0n) is 9.83. The van der Waals surface area contributed by atoms with Crippen LogP contribution in [0.4, 0.5) is 8.78 Å². The van der Waals surface area contributed by atoms with Crippen LogP contribution in [0, 0.1) is 11.6 Å². The first-order valence-electron chi connectivity index (χ1n) is 5.92. The Kier molecular flexibility index (Phi) is 4.32. The number of hydrogen-bond acceptors (Lipinski definition) is 1. The van der Waals surface area contributed by atoms with Gasteiger partial charge in [-0.25, -0.2) is 8.78 Å². The van der Waals surface area contributed by atoms with Gasteiger partial charge in [-0.05, 0) is 18.9 Å². The fourth-order valence-corrected chi connectivity index (χ4v) is 2.78. The normalized spacial score (nSPS) is 19.9. The zero-order valence-corrected chi connectivity index (χ0v) is 11.4. The first-order valence-corrected chi connectivity index (χ1v) is 6.84. The van der Waals surface area contributed by atoms with Gasteiger partial charge in [0.1, 0.15) is 0 Å².